The summed E-state index contributed by atoms with van der Waals surface area (Å²) < 4.78 is 5.45. The van der Waals surface area contributed by atoms with Crippen LogP contribution in [0.2, 0.25) is 0 Å². The smallest absolute Gasteiger partial charge is 0.335 e. The number of fused-ring (bicyclic) bond motifs is 1. The van der Waals surface area contributed by atoms with Gasteiger partial charge in [-0.05, 0) is 35.9 Å². The number of amides is 1. The topological polar surface area (TPSA) is 115 Å². The number of carboxylic acids is 1. The van der Waals surface area contributed by atoms with Crippen molar-refractivity contribution in [2.75, 3.05) is 12.4 Å². The molecule has 0 saturated carbocycles. The summed E-state index contributed by atoms with van der Waals surface area (Å²) >= 11 is 0. The number of nitrogens with two attached hydrogens (primary N) is 1. The average molecular weight is 413 g/mol. The van der Waals surface area contributed by atoms with Crippen LogP contribution in [0.25, 0.3) is 22.0 Å². The Hall–Kier alpha value is -4.39. The van der Waals surface area contributed by atoms with Crippen LogP contribution in [-0.2, 0) is 0 Å². The first-order valence-electron chi connectivity index (χ1n) is 9.44. The molecular formula is C24H19N3O4. The lowest BCUT2D eigenvalue weighted by Crippen LogP contribution is -2.14. The van der Waals surface area contributed by atoms with Crippen LogP contribution in [0.5, 0.6) is 5.75 Å². The van der Waals surface area contributed by atoms with Crippen LogP contribution < -0.4 is 15.8 Å². The fraction of sp³-hybridized carbons (Fsp3) is 0.0417. The van der Waals surface area contributed by atoms with Crippen LogP contribution in [0, 0.1) is 0 Å². The molecule has 0 spiro atoms. The molecule has 4 rings (SSSR count). The van der Waals surface area contributed by atoms with E-state index in [4.69, 9.17) is 10.5 Å². The van der Waals surface area contributed by atoms with Crippen LogP contribution in [0.15, 0.2) is 72.9 Å². The van der Waals surface area contributed by atoms with E-state index in [-0.39, 0.29) is 11.1 Å². The summed E-state index contributed by atoms with van der Waals surface area (Å²) in [5, 5.41) is 13.1. The summed E-state index contributed by atoms with van der Waals surface area (Å²) in [5.41, 5.74) is 9.35. The first-order chi connectivity index (χ1) is 15.0. The predicted octanol–water partition coefficient (Wildman–Crippen LogP) is 4.45. The lowest BCUT2D eigenvalue weighted by atomic mass is 10.0. The molecule has 31 heavy (non-hydrogen) atoms. The monoisotopic (exact) mass is 413 g/mol. The minimum Gasteiger partial charge on any atom is -0.496 e. The molecule has 0 fully saturated rings. The van der Waals surface area contributed by atoms with Crippen molar-refractivity contribution in [3.63, 3.8) is 0 Å². The number of aromatic carboxylic acids is 1. The number of benzene rings is 3. The number of primary amides is 1. The number of anilines is 2. The van der Waals surface area contributed by atoms with Crippen molar-refractivity contribution in [2.45, 2.75) is 0 Å². The number of nitrogens with zero attached hydrogens (tertiary/aromatic N) is 1. The molecule has 1 amide bonds. The summed E-state index contributed by atoms with van der Waals surface area (Å²) in [5.74, 6) is -0.945. The maximum atomic E-state index is 12.0. The Bertz CT molecular complexity index is 1320. The predicted molar refractivity (Wildman–Crippen MR) is 119 cm³/mol. The number of pyridine rings is 1. The number of aromatic nitrogens is 1. The van der Waals surface area contributed by atoms with Crippen LogP contribution in [0.1, 0.15) is 20.7 Å². The van der Waals surface area contributed by atoms with Crippen LogP contribution in [-0.4, -0.2) is 29.1 Å². The molecule has 4 aromatic rings. The largest absolute Gasteiger partial charge is 0.496 e. The van der Waals surface area contributed by atoms with Crippen LogP contribution in [0.3, 0.4) is 0 Å². The van der Waals surface area contributed by atoms with E-state index >= 15 is 0 Å². The van der Waals surface area contributed by atoms with Gasteiger partial charge in [0, 0.05) is 22.8 Å². The number of rotatable bonds is 6. The second-order valence-corrected chi connectivity index (χ2v) is 6.85. The molecule has 0 atom stereocenters. The van der Waals surface area contributed by atoms with Gasteiger partial charge in [-0.15, -0.1) is 0 Å². The highest BCUT2D eigenvalue weighted by molar-refractivity contribution is 6.08. The van der Waals surface area contributed by atoms with Gasteiger partial charge in [0.15, 0.2) is 0 Å². The van der Waals surface area contributed by atoms with Gasteiger partial charge in [0.25, 0.3) is 5.91 Å². The SMILES string of the molecule is COc1ccccc1-c1ccc2c(Nc3cccc(C(=O)O)c3)c(C(N)=O)cnc2c1. The van der Waals surface area contributed by atoms with Gasteiger partial charge >= 0.3 is 5.97 Å². The first kappa shape index (κ1) is 19.9. The highest BCUT2D eigenvalue weighted by Gasteiger charge is 2.16. The summed E-state index contributed by atoms with van der Waals surface area (Å²) in [6.45, 7) is 0. The Balaban J connectivity index is 1.85. The number of hydrogen-bond acceptors (Lipinski definition) is 5. The number of nitrogens with one attached hydrogen (secondary N) is 1. The fourth-order valence-electron chi connectivity index (χ4n) is 3.44. The van der Waals surface area contributed by atoms with Crippen molar-refractivity contribution in [3.8, 4) is 16.9 Å². The lowest BCUT2D eigenvalue weighted by molar-refractivity contribution is 0.0696. The summed E-state index contributed by atoms with van der Waals surface area (Å²) in [4.78, 5) is 27.7. The van der Waals surface area contributed by atoms with E-state index in [0.29, 0.717) is 22.3 Å². The molecular weight excluding hydrogens is 394 g/mol. The quantitative estimate of drug-likeness (QED) is 0.430. The van der Waals surface area contributed by atoms with Gasteiger partial charge in [-0.25, -0.2) is 4.79 Å². The van der Waals surface area contributed by atoms with Crippen molar-refractivity contribution in [1.29, 1.82) is 0 Å². The van der Waals surface area contributed by atoms with E-state index in [9.17, 15) is 14.7 Å². The third-order valence-electron chi connectivity index (χ3n) is 4.93. The molecule has 4 N–H and O–H groups in total. The molecule has 0 bridgehead atoms. The van der Waals surface area contributed by atoms with E-state index in [0.717, 1.165) is 16.9 Å². The lowest BCUT2D eigenvalue weighted by Gasteiger charge is -2.15. The first-order valence-corrected chi connectivity index (χ1v) is 9.44. The van der Waals surface area contributed by atoms with Crippen molar-refractivity contribution in [1.82, 2.24) is 4.98 Å². The number of para-hydroxylation sites is 1. The molecule has 0 saturated heterocycles. The zero-order chi connectivity index (χ0) is 22.0. The van der Waals surface area contributed by atoms with E-state index in [1.807, 2.05) is 42.5 Å². The molecule has 7 nitrogen and oxygen atoms in total. The maximum absolute atomic E-state index is 12.0. The van der Waals surface area contributed by atoms with Gasteiger partial charge in [0.05, 0.1) is 29.4 Å². The summed E-state index contributed by atoms with van der Waals surface area (Å²) in [6, 6.07) is 19.6. The Morgan fingerprint density at radius 2 is 1.84 bits per heavy atom. The van der Waals surface area contributed by atoms with Gasteiger partial charge in [-0.3, -0.25) is 9.78 Å². The average Bonchev–Trinajstić information content (AvgIpc) is 2.78. The van der Waals surface area contributed by atoms with Crippen molar-refractivity contribution in [3.05, 3.63) is 84.1 Å². The van der Waals surface area contributed by atoms with Crippen molar-refractivity contribution in [2.24, 2.45) is 5.73 Å². The van der Waals surface area contributed by atoms with Gasteiger partial charge in [0.1, 0.15) is 5.75 Å². The van der Waals surface area contributed by atoms with Crippen molar-refractivity contribution >= 4 is 34.2 Å². The van der Waals surface area contributed by atoms with Crippen LogP contribution in [0.4, 0.5) is 11.4 Å². The number of carbonyl (C=O) groups excluding carboxylic acids is 1. The third-order valence-corrected chi connectivity index (χ3v) is 4.93. The molecule has 3 aromatic carbocycles. The number of hydrogen-bond donors (Lipinski definition) is 3. The molecule has 7 heteroatoms. The zero-order valence-electron chi connectivity index (χ0n) is 16.6. The molecule has 1 aromatic heterocycles. The molecule has 0 radical (unpaired) electrons. The van der Waals surface area contributed by atoms with Gasteiger partial charge in [-0.1, -0.05) is 36.4 Å². The molecule has 0 aliphatic carbocycles. The van der Waals surface area contributed by atoms with E-state index in [2.05, 4.69) is 10.3 Å². The normalized spacial score (nSPS) is 10.6. The van der Waals surface area contributed by atoms with E-state index in [1.165, 1.54) is 18.3 Å². The maximum Gasteiger partial charge on any atom is 0.335 e. The van der Waals surface area contributed by atoms with E-state index in [1.54, 1.807) is 19.2 Å². The molecule has 1 heterocycles. The standard InChI is InChI=1S/C24H19N3O4/c1-31-21-8-3-2-7-17(21)14-9-10-18-20(12-14)26-13-19(23(25)28)22(18)27-16-6-4-5-15(11-16)24(29)30/h2-13H,1H3,(H2,25,28)(H,26,27)(H,29,30). The zero-order valence-corrected chi connectivity index (χ0v) is 16.6. The number of carboxylic acid groups (broad SMARTS) is 1. The second-order valence-electron chi connectivity index (χ2n) is 6.85. The molecule has 0 aliphatic heterocycles. The Labute approximate surface area is 178 Å². The fourth-order valence-corrected chi connectivity index (χ4v) is 3.44. The summed E-state index contributed by atoms with van der Waals surface area (Å²) in [7, 11) is 1.62. The van der Waals surface area contributed by atoms with Gasteiger partial charge in [0.2, 0.25) is 0 Å². The minimum absolute atomic E-state index is 0.127. The molecule has 154 valence electrons. The highest BCUT2D eigenvalue weighted by atomic mass is 16.5. The highest BCUT2D eigenvalue weighted by Crippen LogP contribution is 2.35. The minimum atomic E-state index is -1.04. The molecule has 0 unspecified atom stereocenters. The summed E-state index contributed by atoms with van der Waals surface area (Å²) in [6.07, 6.45) is 1.42. The number of ether oxygens (including phenoxy) is 1. The number of carbonyl (C=O) groups is 2. The van der Waals surface area contributed by atoms with E-state index < -0.39 is 11.9 Å². The van der Waals surface area contributed by atoms with Gasteiger partial charge in [-0.2, -0.15) is 0 Å². The van der Waals surface area contributed by atoms with Crippen molar-refractivity contribution < 1.29 is 19.4 Å². The Kier molecular flexibility index (Phi) is 5.24. The Morgan fingerprint density at radius 1 is 1.03 bits per heavy atom. The Morgan fingerprint density at radius 3 is 2.58 bits per heavy atom. The molecule has 0 aliphatic rings. The van der Waals surface area contributed by atoms with Crippen LogP contribution >= 0.6 is 0 Å². The third kappa shape index (κ3) is 3.89. The van der Waals surface area contributed by atoms with Gasteiger partial charge < -0.3 is 20.9 Å². The number of methoxy groups -OCH3 is 1. The second kappa shape index (κ2) is 8.16.